The van der Waals surface area contributed by atoms with Gasteiger partial charge in [0.05, 0.1) is 47.0 Å². The highest BCUT2D eigenvalue weighted by molar-refractivity contribution is 7.99. The number of hydrogen-bond donors (Lipinski definition) is 1. The quantitative estimate of drug-likeness (QED) is 0.137. The second kappa shape index (κ2) is 11.0. The zero-order chi connectivity index (χ0) is 28.3. The third kappa shape index (κ3) is 5.80. The molecule has 1 amide bonds. The minimum Gasteiger partial charge on any atom is -0.497 e. The molecule has 0 atom stereocenters. The first-order valence-corrected chi connectivity index (χ1v) is 12.0. The van der Waals surface area contributed by atoms with Crippen LogP contribution in [-0.4, -0.2) is 40.4 Å². The van der Waals surface area contributed by atoms with E-state index in [1.807, 2.05) is 0 Å². The largest absolute Gasteiger partial charge is 0.497 e. The third-order valence-corrected chi connectivity index (χ3v) is 6.44. The molecule has 202 valence electrons. The van der Waals surface area contributed by atoms with E-state index in [1.165, 1.54) is 18.8 Å². The number of methoxy groups -OCH3 is 2. The van der Waals surface area contributed by atoms with Gasteiger partial charge in [-0.1, -0.05) is 23.9 Å². The molecule has 0 aliphatic rings. The Hall–Kier alpha value is -4.59. The van der Waals surface area contributed by atoms with E-state index < -0.39 is 39.5 Å². The number of fused-ring (bicyclic) bond motifs is 1. The maximum atomic E-state index is 13.5. The zero-order valence-electron chi connectivity index (χ0n) is 20.3. The van der Waals surface area contributed by atoms with Crippen LogP contribution < -0.4 is 20.3 Å². The average Bonchev–Trinajstić information content (AvgIpc) is 2.91. The molecule has 0 radical (unpaired) electrons. The van der Waals surface area contributed by atoms with Crippen LogP contribution in [0.4, 0.5) is 24.5 Å². The average molecular weight is 561 g/mol. The van der Waals surface area contributed by atoms with Crippen LogP contribution in [0.2, 0.25) is 0 Å². The van der Waals surface area contributed by atoms with E-state index in [0.29, 0.717) is 40.2 Å². The molecule has 0 saturated heterocycles. The number of amides is 1. The van der Waals surface area contributed by atoms with E-state index in [-0.39, 0.29) is 10.9 Å². The number of nitro benzene ring substituents is 1. The van der Waals surface area contributed by atoms with Crippen LogP contribution >= 0.6 is 11.8 Å². The molecule has 14 heteroatoms. The standard InChI is InChI=1S/C25H19F3N4O6S/c1-37-15-8-10-21(38-2)20(12-15)31-23(34)16-5-3-4-6-17(16)30-24(31)39-13-22(33)29-18-9-7-14(25(26,27)28)11-19(18)32(35)36/h3-12H,13H2,1-2H3,(H,29,33). The first-order valence-electron chi connectivity index (χ1n) is 11.1. The summed E-state index contributed by atoms with van der Waals surface area (Å²) in [6.45, 7) is 0. The monoisotopic (exact) mass is 560 g/mol. The highest BCUT2D eigenvalue weighted by Gasteiger charge is 2.33. The molecule has 0 spiro atoms. The Bertz CT molecular complexity index is 1640. The molecule has 1 N–H and O–H groups in total. The molecule has 39 heavy (non-hydrogen) atoms. The van der Waals surface area contributed by atoms with Crippen molar-refractivity contribution in [2.75, 3.05) is 25.3 Å². The molecule has 0 fully saturated rings. The number of para-hydroxylation sites is 1. The summed E-state index contributed by atoms with van der Waals surface area (Å²) in [6.07, 6.45) is -4.80. The van der Waals surface area contributed by atoms with E-state index >= 15 is 0 Å². The number of nitro groups is 1. The summed E-state index contributed by atoms with van der Waals surface area (Å²) >= 11 is 0.846. The van der Waals surface area contributed by atoms with Crippen LogP contribution in [0.3, 0.4) is 0 Å². The number of aromatic nitrogens is 2. The van der Waals surface area contributed by atoms with Crippen molar-refractivity contribution in [3.05, 3.63) is 86.7 Å². The van der Waals surface area contributed by atoms with Crippen LogP contribution in [0.15, 0.2) is 70.6 Å². The predicted octanol–water partition coefficient (Wildman–Crippen LogP) is 5.06. The van der Waals surface area contributed by atoms with Crippen LogP contribution in [0, 0.1) is 10.1 Å². The fourth-order valence-electron chi connectivity index (χ4n) is 3.67. The molecule has 0 bridgehead atoms. The van der Waals surface area contributed by atoms with Gasteiger partial charge in [0.15, 0.2) is 5.16 Å². The number of thioether (sulfide) groups is 1. The Balaban J connectivity index is 1.70. The van der Waals surface area contributed by atoms with Crippen LogP contribution in [0.1, 0.15) is 5.56 Å². The number of nitrogens with zero attached hydrogens (tertiary/aromatic N) is 3. The summed E-state index contributed by atoms with van der Waals surface area (Å²) in [6, 6.07) is 13.2. The number of carbonyl (C=O) groups is 1. The Morgan fingerprint density at radius 1 is 1.10 bits per heavy atom. The van der Waals surface area contributed by atoms with Crippen molar-refractivity contribution in [1.29, 1.82) is 0 Å². The number of anilines is 1. The molecule has 4 rings (SSSR count). The van der Waals surface area contributed by atoms with E-state index in [4.69, 9.17) is 9.47 Å². The van der Waals surface area contributed by atoms with Crippen LogP contribution in [-0.2, 0) is 11.0 Å². The lowest BCUT2D eigenvalue weighted by atomic mass is 10.1. The Morgan fingerprint density at radius 2 is 1.85 bits per heavy atom. The fourth-order valence-corrected chi connectivity index (χ4v) is 4.48. The molecule has 3 aromatic carbocycles. The maximum absolute atomic E-state index is 13.5. The smallest absolute Gasteiger partial charge is 0.416 e. The molecule has 0 aliphatic heterocycles. The van der Waals surface area contributed by atoms with Crippen LogP contribution in [0.5, 0.6) is 11.5 Å². The third-order valence-electron chi connectivity index (χ3n) is 5.50. The van der Waals surface area contributed by atoms with Gasteiger partial charge in [0.2, 0.25) is 5.91 Å². The van der Waals surface area contributed by atoms with Gasteiger partial charge in [-0.15, -0.1) is 0 Å². The van der Waals surface area contributed by atoms with Crippen molar-refractivity contribution in [2.24, 2.45) is 0 Å². The lowest BCUT2D eigenvalue weighted by Gasteiger charge is -2.16. The summed E-state index contributed by atoms with van der Waals surface area (Å²) < 4.78 is 50.9. The molecular weight excluding hydrogens is 541 g/mol. The van der Waals surface area contributed by atoms with E-state index in [2.05, 4.69) is 10.3 Å². The predicted molar refractivity (Wildman–Crippen MR) is 138 cm³/mol. The number of carbonyl (C=O) groups excluding carboxylic acids is 1. The van der Waals surface area contributed by atoms with Gasteiger partial charge in [-0.05, 0) is 36.4 Å². The Morgan fingerprint density at radius 3 is 2.51 bits per heavy atom. The van der Waals surface area contributed by atoms with Gasteiger partial charge in [0, 0.05) is 12.1 Å². The summed E-state index contributed by atoms with van der Waals surface area (Å²) in [4.78, 5) is 41.1. The van der Waals surface area contributed by atoms with E-state index in [9.17, 15) is 32.9 Å². The van der Waals surface area contributed by atoms with Gasteiger partial charge in [-0.3, -0.25) is 24.3 Å². The lowest BCUT2D eigenvalue weighted by Crippen LogP contribution is -2.23. The fraction of sp³-hybridized carbons (Fsp3) is 0.160. The number of nitrogens with one attached hydrogen (secondary N) is 1. The maximum Gasteiger partial charge on any atom is 0.416 e. The first-order chi connectivity index (χ1) is 18.5. The topological polar surface area (TPSA) is 126 Å². The Labute approximate surface area is 222 Å². The molecule has 0 saturated carbocycles. The number of halogens is 3. The van der Waals surface area contributed by atoms with Gasteiger partial charge in [0.1, 0.15) is 17.2 Å². The summed E-state index contributed by atoms with van der Waals surface area (Å²) in [7, 11) is 2.87. The van der Waals surface area contributed by atoms with E-state index in [1.54, 1.807) is 42.5 Å². The lowest BCUT2D eigenvalue weighted by molar-refractivity contribution is -0.384. The summed E-state index contributed by atoms with van der Waals surface area (Å²) in [5.41, 5.74) is -2.34. The highest BCUT2D eigenvalue weighted by Crippen LogP contribution is 2.35. The van der Waals surface area contributed by atoms with Gasteiger partial charge < -0.3 is 14.8 Å². The van der Waals surface area contributed by atoms with Crippen molar-refractivity contribution < 1.29 is 32.4 Å². The summed E-state index contributed by atoms with van der Waals surface area (Å²) in [5, 5.41) is 14.0. The number of rotatable bonds is 8. The first kappa shape index (κ1) is 27.4. The van der Waals surface area contributed by atoms with Crippen molar-refractivity contribution in [2.45, 2.75) is 11.3 Å². The van der Waals surface area contributed by atoms with Gasteiger partial charge in [-0.25, -0.2) is 4.98 Å². The number of alkyl halides is 3. The van der Waals surface area contributed by atoms with Crippen molar-refractivity contribution in [3.63, 3.8) is 0 Å². The second-order valence-electron chi connectivity index (χ2n) is 7.91. The van der Waals surface area contributed by atoms with Gasteiger partial charge in [0.25, 0.3) is 11.2 Å². The molecule has 1 heterocycles. The number of hydrogen-bond acceptors (Lipinski definition) is 8. The van der Waals surface area contributed by atoms with Gasteiger partial charge >= 0.3 is 6.18 Å². The Kier molecular flexibility index (Phi) is 7.76. The van der Waals surface area contributed by atoms with Crippen molar-refractivity contribution in [3.8, 4) is 17.2 Å². The van der Waals surface area contributed by atoms with Crippen LogP contribution in [0.25, 0.3) is 16.6 Å². The molecule has 4 aromatic rings. The normalized spacial score (nSPS) is 11.3. The molecule has 1 aromatic heterocycles. The minimum atomic E-state index is -4.80. The van der Waals surface area contributed by atoms with Crippen molar-refractivity contribution >= 4 is 39.9 Å². The SMILES string of the molecule is COc1ccc(OC)c(-n2c(SCC(=O)Nc3ccc(C(F)(F)F)cc3[N+](=O)[O-])nc3ccccc3c2=O)c1. The highest BCUT2D eigenvalue weighted by atomic mass is 32.2. The van der Waals surface area contributed by atoms with Gasteiger partial charge in [-0.2, -0.15) is 13.2 Å². The van der Waals surface area contributed by atoms with Crippen molar-refractivity contribution in [1.82, 2.24) is 9.55 Å². The van der Waals surface area contributed by atoms with E-state index in [0.717, 1.165) is 17.8 Å². The molecule has 0 unspecified atom stereocenters. The minimum absolute atomic E-state index is 0.0994. The second-order valence-corrected chi connectivity index (χ2v) is 8.86. The molecule has 0 aliphatic carbocycles. The molecular formula is C25H19F3N4O6S. The number of benzene rings is 3. The number of ether oxygens (including phenoxy) is 2. The summed E-state index contributed by atoms with van der Waals surface area (Å²) in [5.74, 6) is -0.403. The zero-order valence-corrected chi connectivity index (χ0v) is 21.1. The molecule has 10 nitrogen and oxygen atoms in total.